The van der Waals surface area contributed by atoms with Crippen LogP contribution in [-0.2, 0) is 20.6 Å². The van der Waals surface area contributed by atoms with E-state index in [9.17, 15) is 13.2 Å². The lowest BCUT2D eigenvalue weighted by Crippen LogP contribution is -2.43. The third-order valence-electron chi connectivity index (χ3n) is 5.43. The Morgan fingerprint density at radius 1 is 1.20 bits per heavy atom. The molecule has 162 valence electrons. The van der Waals surface area contributed by atoms with E-state index in [1.165, 1.54) is 4.31 Å². The zero-order chi connectivity index (χ0) is 21.7. The molecule has 30 heavy (non-hydrogen) atoms. The van der Waals surface area contributed by atoms with Crippen LogP contribution in [0.1, 0.15) is 36.9 Å². The molecule has 1 heterocycles. The molecule has 1 atom stereocenters. The molecule has 1 amide bonds. The van der Waals surface area contributed by atoms with Crippen LogP contribution in [0.5, 0.6) is 5.75 Å². The summed E-state index contributed by atoms with van der Waals surface area (Å²) in [7, 11) is -1.83. The Balaban J connectivity index is 1.53. The fourth-order valence-electron chi connectivity index (χ4n) is 3.63. The van der Waals surface area contributed by atoms with Gasteiger partial charge in [0.15, 0.2) is 0 Å². The second-order valence-electron chi connectivity index (χ2n) is 7.56. The number of carbonyl (C=O) groups is 1. The Morgan fingerprint density at radius 2 is 1.87 bits per heavy atom. The number of nitrogens with one attached hydrogen (secondary N) is 1. The van der Waals surface area contributed by atoms with Crippen molar-refractivity contribution in [2.75, 3.05) is 20.2 Å². The van der Waals surface area contributed by atoms with E-state index in [1.54, 1.807) is 31.4 Å². The van der Waals surface area contributed by atoms with Gasteiger partial charge < -0.3 is 10.1 Å². The number of rotatable bonds is 7. The van der Waals surface area contributed by atoms with Crippen molar-refractivity contribution in [2.45, 2.75) is 31.6 Å². The maximum atomic E-state index is 12.7. The highest BCUT2D eigenvalue weighted by Crippen LogP contribution is 2.24. The number of halogens is 1. The molecule has 8 heteroatoms. The van der Waals surface area contributed by atoms with Crippen molar-refractivity contribution in [1.29, 1.82) is 0 Å². The van der Waals surface area contributed by atoms with Gasteiger partial charge in [-0.05, 0) is 55.2 Å². The maximum absolute atomic E-state index is 12.7. The highest BCUT2D eigenvalue weighted by Gasteiger charge is 2.31. The molecule has 1 saturated heterocycles. The summed E-state index contributed by atoms with van der Waals surface area (Å²) in [6.07, 6.45) is 1.02. The molecule has 0 aromatic heterocycles. The van der Waals surface area contributed by atoms with Gasteiger partial charge in [0.25, 0.3) is 0 Å². The van der Waals surface area contributed by atoms with Gasteiger partial charge in [-0.25, -0.2) is 12.7 Å². The summed E-state index contributed by atoms with van der Waals surface area (Å²) in [5.41, 5.74) is 1.65. The molecule has 1 aliphatic heterocycles. The van der Waals surface area contributed by atoms with E-state index in [0.29, 0.717) is 36.5 Å². The molecular formula is C22H27ClN2O4S. The molecule has 1 aliphatic rings. The molecule has 1 fully saturated rings. The standard InChI is InChI=1S/C22H27ClN2O4S/c1-16(18-6-8-21(29-2)9-7-18)24-22(26)19-10-12-25(13-11-19)30(27,28)15-17-4-3-5-20(23)14-17/h3-9,14,16,19H,10-13,15H2,1-2H3,(H,24,26)/t16-/m0/s1. The van der Waals surface area contributed by atoms with Gasteiger partial charge in [0.2, 0.25) is 15.9 Å². The lowest BCUT2D eigenvalue weighted by atomic mass is 9.96. The topological polar surface area (TPSA) is 75.7 Å². The predicted molar refractivity (Wildman–Crippen MR) is 118 cm³/mol. The number of carbonyl (C=O) groups excluding carboxylic acids is 1. The highest BCUT2D eigenvalue weighted by molar-refractivity contribution is 7.88. The van der Waals surface area contributed by atoms with E-state index in [1.807, 2.05) is 31.2 Å². The molecule has 0 radical (unpaired) electrons. The van der Waals surface area contributed by atoms with E-state index >= 15 is 0 Å². The zero-order valence-electron chi connectivity index (χ0n) is 17.2. The van der Waals surface area contributed by atoms with Crippen LogP contribution >= 0.6 is 11.6 Å². The predicted octanol–water partition coefficient (Wildman–Crippen LogP) is 3.77. The van der Waals surface area contributed by atoms with Crippen molar-refractivity contribution in [1.82, 2.24) is 9.62 Å². The van der Waals surface area contributed by atoms with E-state index in [4.69, 9.17) is 16.3 Å². The molecule has 0 unspecified atom stereocenters. The summed E-state index contributed by atoms with van der Waals surface area (Å²) in [5.74, 6) is 0.455. The summed E-state index contributed by atoms with van der Waals surface area (Å²) in [4.78, 5) is 12.7. The minimum atomic E-state index is -3.44. The largest absolute Gasteiger partial charge is 0.497 e. The summed E-state index contributed by atoms with van der Waals surface area (Å²) < 4.78 is 32.1. The average molecular weight is 451 g/mol. The van der Waals surface area contributed by atoms with Gasteiger partial charge in [-0.15, -0.1) is 0 Å². The Bertz CT molecular complexity index is 971. The maximum Gasteiger partial charge on any atom is 0.223 e. The van der Waals surface area contributed by atoms with Gasteiger partial charge in [0, 0.05) is 24.0 Å². The third-order valence-corrected chi connectivity index (χ3v) is 7.52. The first kappa shape index (κ1) is 22.6. The zero-order valence-corrected chi connectivity index (χ0v) is 18.7. The number of ether oxygens (including phenoxy) is 1. The van der Waals surface area contributed by atoms with Gasteiger partial charge in [-0.2, -0.15) is 0 Å². The molecule has 1 N–H and O–H groups in total. The van der Waals surface area contributed by atoms with Crippen molar-refractivity contribution in [3.8, 4) is 5.75 Å². The Morgan fingerprint density at radius 3 is 2.47 bits per heavy atom. The van der Waals surface area contributed by atoms with Crippen LogP contribution in [-0.4, -0.2) is 38.8 Å². The quantitative estimate of drug-likeness (QED) is 0.696. The minimum Gasteiger partial charge on any atom is -0.497 e. The first-order chi connectivity index (χ1) is 14.3. The third kappa shape index (κ3) is 5.74. The Kier molecular flexibility index (Phi) is 7.39. The molecule has 6 nitrogen and oxygen atoms in total. The van der Waals surface area contributed by atoms with Crippen LogP contribution in [0, 0.1) is 5.92 Å². The normalized spacial score (nSPS) is 16.8. The van der Waals surface area contributed by atoms with E-state index in [2.05, 4.69) is 5.32 Å². The SMILES string of the molecule is COc1ccc([C@H](C)NC(=O)C2CCN(S(=O)(=O)Cc3cccc(Cl)c3)CC2)cc1. The summed E-state index contributed by atoms with van der Waals surface area (Å²) >= 11 is 5.96. The van der Waals surface area contributed by atoms with Crippen LogP contribution in [0.25, 0.3) is 0 Å². The van der Waals surface area contributed by atoms with Crippen molar-refractivity contribution < 1.29 is 17.9 Å². The van der Waals surface area contributed by atoms with Crippen LogP contribution in [0.2, 0.25) is 5.02 Å². The van der Waals surface area contributed by atoms with E-state index < -0.39 is 10.0 Å². The molecule has 2 aromatic rings. The molecule has 0 spiro atoms. The molecule has 0 bridgehead atoms. The molecule has 0 saturated carbocycles. The summed E-state index contributed by atoms with van der Waals surface area (Å²) in [6, 6.07) is 14.3. The van der Waals surface area contributed by atoms with Crippen molar-refractivity contribution in [2.24, 2.45) is 5.92 Å². The fourth-order valence-corrected chi connectivity index (χ4v) is 5.40. The lowest BCUT2D eigenvalue weighted by molar-refractivity contribution is -0.126. The average Bonchev–Trinajstić information content (AvgIpc) is 2.73. The summed E-state index contributed by atoms with van der Waals surface area (Å²) in [5, 5.41) is 3.56. The van der Waals surface area contributed by atoms with E-state index in [-0.39, 0.29) is 23.6 Å². The first-order valence-electron chi connectivity index (χ1n) is 9.95. The van der Waals surface area contributed by atoms with E-state index in [0.717, 1.165) is 11.3 Å². The van der Waals surface area contributed by atoms with Gasteiger partial charge in [-0.1, -0.05) is 35.9 Å². The number of methoxy groups -OCH3 is 1. The number of amides is 1. The van der Waals surface area contributed by atoms with Crippen LogP contribution in [0.15, 0.2) is 48.5 Å². The van der Waals surface area contributed by atoms with Crippen molar-refractivity contribution in [3.05, 3.63) is 64.7 Å². The number of benzene rings is 2. The lowest BCUT2D eigenvalue weighted by Gasteiger charge is -2.31. The van der Waals surface area contributed by atoms with Crippen molar-refractivity contribution in [3.63, 3.8) is 0 Å². The minimum absolute atomic E-state index is 0.0368. The van der Waals surface area contributed by atoms with Gasteiger partial charge in [0.05, 0.1) is 18.9 Å². The van der Waals surface area contributed by atoms with Crippen molar-refractivity contribution >= 4 is 27.5 Å². The number of sulfonamides is 1. The highest BCUT2D eigenvalue weighted by atomic mass is 35.5. The van der Waals surface area contributed by atoms with Crippen LogP contribution in [0.4, 0.5) is 0 Å². The van der Waals surface area contributed by atoms with Gasteiger partial charge in [-0.3, -0.25) is 4.79 Å². The smallest absolute Gasteiger partial charge is 0.223 e. The number of nitrogens with zero attached hydrogens (tertiary/aromatic N) is 1. The molecule has 3 rings (SSSR count). The second kappa shape index (κ2) is 9.81. The molecule has 2 aromatic carbocycles. The Labute approximate surface area is 183 Å². The number of piperidine rings is 1. The van der Waals surface area contributed by atoms with Crippen LogP contribution in [0.3, 0.4) is 0 Å². The van der Waals surface area contributed by atoms with Gasteiger partial charge in [0.1, 0.15) is 5.75 Å². The van der Waals surface area contributed by atoms with Gasteiger partial charge >= 0.3 is 0 Å². The number of hydrogen-bond acceptors (Lipinski definition) is 4. The monoisotopic (exact) mass is 450 g/mol. The molecular weight excluding hydrogens is 424 g/mol. The fraction of sp³-hybridized carbons (Fsp3) is 0.409. The number of hydrogen-bond donors (Lipinski definition) is 1. The first-order valence-corrected chi connectivity index (χ1v) is 11.9. The molecule has 0 aliphatic carbocycles. The summed E-state index contributed by atoms with van der Waals surface area (Å²) in [6.45, 7) is 2.63. The second-order valence-corrected chi connectivity index (χ2v) is 9.97. The Hall–Kier alpha value is -2.09. The van der Waals surface area contributed by atoms with Crippen LogP contribution < -0.4 is 10.1 Å².